The minimum absolute atomic E-state index is 0.0538. The average Bonchev–Trinajstić information content (AvgIpc) is 2.61. The average molecular weight is 416 g/mol. The van der Waals surface area contributed by atoms with Crippen molar-refractivity contribution in [2.75, 3.05) is 39.3 Å². The van der Waals surface area contributed by atoms with E-state index in [2.05, 4.69) is 13.8 Å². The van der Waals surface area contributed by atoms with Gasteiger partial charge in [-0.25, -0.2) is 8.42 Å². The highest BCUT2D eigenvalue weighted by Crippen LogP contribution is 2.25. The maximum atomic E-state index is 13.0. The molecule has 2 aliphatic rings. The Labute approximate surface area is 163 Å². The summed E-state index contributed by atoms with van der Waals surface area (Å²) in [5.74, 6) is 0.633. The third-order valence-corrected chi connectivity index (χ3v) is 9.09. The molecule has 0 radical (unpaired) electrons. The van der Waals surface area contributed by atoms with Gasteiger partial charge < -0.3 is 0 Å². The van der Waals surface area contributed by atoms with E-state index >= 15 is 0 Å². The molecule has 152 valence electrons. The highest BCUT2D eigenvalue weighted by Gasteiger charge is 2.38. The Bertz CT molecular complexity index is 825. The molecule has 0 aliphatic carbocycles. The summed E-state index contributed by atoms with van der Waals surface area (Å²) in [6, 6.07) is 9.06. The second-order valence-electron chi connectivity index (χ2n) is 7.81. The molecule has 0 N–H and O–H groups in total. The summed E-state index contributed by atoms with van der Waals surface area (Å²) in [5.41, 5.74) is 0.740. The lowest BCUT2D eigenvalue weighted by atomic mass is 9.94. The molecule has 2 fully saturated rings. The first-order chi connectivity index (χ1) is 12.7. The molecule has 3 rings (SSSR count). The molecule has 2 atom stereocenters. The van der Waals surface area contributed by atoms with E-state index in [4.69, 9.17) is 0 Å². The number of hydrogen-bond donors (Lipinski definition) is 0. The molecule has 0 amide bonds. The molecule has 2 aliphatic heterocycles. The molecule has 0 aromatic heterocycles. The quantitative estimate of drug-likeness (QED) is 0.727. The van der Waals surface area contributed by atoms with Crippen LogP contribution < -0.4 is 0 Å². The molecule has 2 saturated heterocycles. The molecule has 2 unspecified atom stereocenters. The minimum Gasteiger partial charge on any atom is -0.212 e. The topological polar surface area (TPSA) is 78.0 Å². The maximum absolute atomic E-state index is 13.0. The molecule has 0 spiro atoms. The molecule has 0 bridgehead atoms. The third kappa shape index (κ3) is 4.89. The van der Waals surface area contributed by atoms with Crippen LogP contribution in [0.25, 0.3) is 0 Å². The molecule has 1 aromatic rings. The predicted molar refractivity (Wildman–Crippen MR) is 106 cm³/mol. The van der Waals surface area contributed by atoms with E-state index in [-0.39, 0.29) is 31.9 Å². The van der Waals surface area contributed by atoms with Gasteiger partial charge in [-0.1, -0.05) is 44.2 Å². The van der Waals surface area contributed by atoms with E-state index in [0.29, 0.717) is 24.9 Å². The van der Waals surface area contributed by atoms with E-state index in [0.717, 1.165) is 12.0 Å². The molecular weight excluding hydrogens is 386 g/mol. The Hall–Kier alpha value is -1.00. The van der Waals surface area contributed by atoms with Gasteiger partial charge in [-0.3, -0.25) is 0 Å². The van der Waals surface area contributed by atoms with Crippen LogP contribution in [0, 0.1) is 11.8 Å². The Morgan fingerprint density at radius 3 is 1.89 bits per heavy atom. The number of rotatable bonds is 5. The van der Waals surface area contributed by atoms with Gasteiger partial charge in [-0.05, 0) is 23.8 Å². The standard InChI is InChI=1S/C18H29N3O4S2/c1-16-12-17(2)14-21(13-16)27(24,25)20-10-8-19(9-11-20)26(22,23)15-18-6-4-3-5-7-18/h3-7,16-17H,8-15H2,1-2H3. The van der Waals surface area contributed by atoms with Crippen molar-refractivity contribution in [1.29, 1.82) is 0 Å². The first-order valence-electron chi connectivity index (χ1n) is 9.45. The predicted octanol–water partition coefficient (Wildman–Crippen LogP) is 1.36. The number of benzene rings is 1. The highest BCUT2D eigenvalue weighted by molar-refractivity contribution is 7.88. The van der Waals surface area contributed by atoms with Crippen LogP contribution >= 0.6 is 0 Å². The van der Waals surface area contributed by atoms with E-state index in [1.165, 1.54) is 8.61 Å². The first-order valence-corrected chi connectivity index (χ1v) is 12.5. The summed E-state index contributed by atoms with van der Waals surface area (Å²) in [7, 11) is -6.98. The Kier molecular flexibility index (Phi) is 6.27. The monoisotopic (exact) mass is 415 g/mol. The fourth-order valence-electron chi connectivity index (χ4n) is 4.01. The maximum Gasteiger partial charge on any atom is 0.282 e. The van der Waals surface area contributed by atoms with Crippen molar-refractivity contribution in [3.63, 3.8) is 0 Å². The van der Waals surface area contributed by atoms with Gasteiger partial charge in [0.15, 0.2) is 0 Å². The smallest absolute Gasteiger partial charge is 0.212 e. The number of hydrogen-bond acceptors (Lipinski definition) is 4. The normalized spacial score (nSPS) is 26.9. The zero-order chi connectivity index (χ0) is 19.7. The molecule has 9 heteroatoms. The minimum atomic E-state index is -3.53. The van der Waals surface area contributed by atoms with Crippen molar-refractivity contribution < 1.29 is 16.8 Å². The van der Waals surface area contributed by atoms with Gasteiger partial charge in [0.1, 0.15) is 0 Å². The van der Waals surface area contributed by atoms with Crippen LogP contribution in [0.1, 0.15) is 25.8 Å². The Morgan fingerprint density at radius 1 is 0.815 bits per heavy atom. The van der Waals surface area contributed by atoms with E-state index in [9.17, 15) is 16.8 Å². The number of piperidine rings is 1. The number of piperazine rings is 1. The van der Waals surface area contributed by atoms with Crippen molar-refractivity contribution in [3.8, 4) is 0 Å². The summed E-state index contributed by atoms with van der Waals surface area (Å²) in [6.45, 7) is 6.04. The summed E-state index contributed by atoms with van der Waals surface area (Å²) >= 11 is 0. The zero-order valence-electron chi connectivity index (χ0n) is 16.0. The van der Waals surface area contributed by atoms with Gasteiger partial charge in [-0.15, -0.1) is 0 Å². The van der Waals surface area contributed by atoms with Gasteiger partial charge in [0.05, 0.1) is 5.75 Å². The molecule has 7 nitrogen and oxygen atoms in total. The van der Waals surface area contributed by atoms with Crippen LogP contribution in [0.3, 0.4) is 0 Å². The van der Waals surface area contributed by atoms with Crippen LogP contribution in [0.5, 0.6) is 0 Å². The van der Waals surface area contributed by atoms with Crippen molar-refractivity contribution >= 4 is 20.2 Å². The van der Waals surface area contributed by atoms with Gasteiger partial charge in [0.25, 0.3) is 10.2 Å². The SMILES string of the molecule is CC1CC(C)CN(S(=O)(=O)N2CCN(S(=O)(=O)Cc3ccccc3)CC2)C1. The van der Waals surface area contributed by atoms with Gasteiger partial charge in [0.2, 0.25) is 10.0 Å². The van der Waals surface area contributed by atoms with Crippen LogP contribution in [0.15, 0.2) is 30.3 Å². The lowest BCUT2D eigenvalue weighted by Crippen LogP contribution is -2.56. The number of sulfonamides is 1. The van der Waals surface area contributed by atoms with E-state index in [1.807, 2.05) is 18.2 Å². The van der Waals surface area contributed by atoms with Crippen molar-refractivity contribution in [3.05, 3.63) is 35.9 Å². The molecular formula is C18H29N3O4S2. The van der Waals surface area contributed by atoms with Crippen molar-refractivity contribution in [2.45, 2.75) is 26.0 Å². The largest absolute Gasteiger partial charge is 0.282 e. The van der Waals surface area contributed by atoms with Crippen molar-refractivity contribution in [1.82, 2.24) is 12.9 Å². The first kappa shape index (κ1) is 20.7. The second kappa shape index (κ2) is 8.16. The summed E-state index contributed by atoms with van der Waals surface area (Å²) < 4.78 is 55.6. The highest BCUT2D eigenvalue weighted by atomic mass is 32.2. The van der Waals surface area contributed by atoms with Gasteiger partial charge in [-0.2, -0.15) is 21.3 Å². The van der Waals surface area contributed by atoms with Gasteiger partial charge in [0, 0.05) is 39.3 Å². The van der Waals surface area contributed by atoms with Crippen LogP contribution in [0.2, 0.25) is 0 Å². The van der Waals surface area contributed by atoms with Gasteiger partial charge >= 0.3 is 0 Å². The summed E-state index contributed by atoms with van der Waals surface area (Å²) in [5, 5.41) is 0. The van der Waals surface area contributed by atoms with Crippen LogP contribution in [-0.4, -0.2) is 69.0 Å². The third-order valence-electron chi connectivity index (χ3n) is 5.27. The Morgan fingerprint density at radius 2 is 1.33 bits per heavy atom. The van der Waals surface area contributed by atoms with E-state index < -0.39 is 20.2 Å². The van der Waals surface area contributed by atoms with Crippen LogP contribution in [-0.2, 0) is 26.0 Å². The number of nitrogens with zero attached hydrogens (tertiary/aromatic N) is 3. The van der Waals surface area contributed by atoms with Crippen LogP contribution in [0.4, 0.5) is 0 Å². The second-order valence-corrected chi connectivity index (χ2v) is 11.7. The lowest BCUT2D eigenvalue weighted by Gasteiger charge is -2.40. The zero-order valence-corrected chi connectivity index (χ0v) is 17.6. The molecule has 0 saturated carbocycles. The molecule has 27 heavy (non-hydrogen) atoms. The molecule has 1 aromatic carbocycles. The fourth-order valence-corrected chi connectivity index (χ4v) is 7.37. The lowest BCUT2D eigenvalue weighted by molar-refractivity contribution is 0.197. The Balaban J connectivity index is 1.62. The van der Waals surface area contributed by atoms with Crippen molar-refractivity contribution in [2.24, 2.45) is 11.8 Å². The summed E-state index contributed by atoms with van der Waals surface area (Å²) in [6.07, 6.45) is 1.04. The summed E-state index contributed by atoms with van der Waals surface area (Å²) in [4.78, 5) is 0. The molecule has 2 heterocycles. The van der Waals surface area contributed by atoms with E-state index in [1.54, 1.807) is 16.4 Å². The fraction of sp³-hybridized carbons (Fsp3) is 0.667.